The molecule has 0 saturated carbocycles. The van der Waals surface area contributed by atoms with Crippen molar-refractivity contribution in [1.29, 1.82) is 0 Å². The monoisotopic (exact) mass is 358 g/mol. The average molecular weight is 359 g/mol. The van der Waals surface area contributed by atoms with Crippen LogP contribution in [-0.4, -0.2) is 34.3 Å². The van der Waals surface area contributed by atoms with Crippen molar-refractivity contribution < 1.29 is 9.59 Å². The number of nitrogens with zero attached hydrogens (tertiary/aromatic N) is 2. The molecule has 7 heteroatoms. The van der Waals surface area contributed by atoms with Gasteiger partial charge in [-0.05, 0) is 42.7 Å². The van der Waals surface area contributed by atoms with Crippen molar-refractivity contribution in [3.05, 3.63) is 58.7 Å². The Morgan fingerprint density at radius 3 is 2.76 bits per heavy atom. The molecule has 1 saturated heterocycles. The topological polar surface area (TPSA) is 88.3 Å². The van der Waals surface area contributed by atoms with Gasteiger partial charge in [0.25, 0.3) is 5.91 Å². The summed E-state index contributed by atoms with van der Waals surface area (Å²) in [6.45, 7) is 0.955. The molecular formula is C18H19ClN4O2. The lowest BCUT2D eigenvalue weighted by Gasteiger charge is -2.24. The summed E-state index contributed by atoms with van der Waals surface area (Å²) in [7, 11) is 0. The van der Waals surface area contributed by atoms with Gasteiger partial charge in [0.2, 0.25) is 5.91 Å². The Hall–Kier alpha value is -2.60. The highest BCUT2D eigenvalue weighted by Gasteiger charge is 2.34. The Bertz CT molecular complexity index is 779. The van der Waals surface area contributed by atoms with E-state index in [0.29, 0.717) is 30.1 Å². The molecule has 1 aliphatic heterocycles. The van der Waals surface area contributed by atoms with Crippen LogP contribution in [0.4, 0.5) is 5.82 Å². The van der Waals surface area contributed by atoms with Crippen LogP contribution in [0.5, 0.6) is 0 Å². The quantitative estimate of drug-likeness (QED) is 0.877. The van der Waals surface area contributed by atoms with Gasteiger partial charge >= 0.3 is 0 Å². The Kier molecular flexibility index (Phi) is 5.19. The smallest absolute Gasteiger partial charge is 0.254 e. The number of benzene rings is 1. The van der Waals surface area contributed by atoms with Gasteiger partial charge in [0.1, 0.15) is 11.9 Å². The first kappa shape index (κ1) is 17.2. The highest BCUT2D eigenvalue weighted by atomic mass is 35.5. The summed E-state index contributed by atoms with van der Waals surface area (Å²) in [5, 5.41) is 3.55. The van der Waals surface area contributed by atoms with E-state index in [9.17, 15) is 9.59 Å². The summed E-state index contributed by atoms with van der Waals surface area (Å²) in [6, 6.07) is 9.96. The van der Waals surface area contributed by atoms with Gasteiger partial charge in [-0.1, -0.05) is 23.7 Å². The molecule has 0 aliphatic carbocycles. The molecule has 0 spiro atoms. The number of halogens is 1. The first-order valence-corrected chi connectivity index (χ1v) is 8.47. The molecule has 3 N–H and O–H groups in total. The first-order valence-electron chi connectivity index (χ1n) is 8.09. The number of aromatic nitrogens is 1. The second kappa shape index (κ2) is 7.53. The van der Waals surface area contributed by atoms with E-state index < -0.39 is 6.04 Å². The van der Waals surface area contributed by atoms with E-state index >= 15 is 0 Å². The Morgan fingerprint density at radius 1 is 1.28 bits per heavy atom. The maximum absolute atomic E-state index is 12.7. The fourth-order valence-corrected chi connectivity index (χ4v) is 3.06. The molecule has 25 heavy (non-hydrogen) atoms. The molecule has 1 fully saturated rings. The van der Waals surface area contributed by atoms with E-state index in [1.54, 1.807) is 23.1 Å². The minimum atomic E-state index is -0.464. The van der Waals surface area contributed by atoms with Crippen molar-refractivity contribution in [2.45, 2.75) is 25.4 Å². The lowest BCUT2D eigenvalue weighted by molar-refractivity contribution is -0.125. The van der Waals surface area contributed by atoms with Crippen molar-refractivity contribution in [1.82, 2.24) is 15.2 Å². The van der Waals surface area contributed by atoms with Crippen LogP contribution in [0.2, 0.25) is 5.02 Å². The second-order valence-electron chi connectivity index (χ2n) is 5.97. The predicted molar refractivity (Wildman–Crippen MR) is 96.0 cm³/mol. The largest absolute Gasteiger partial charge is 0.384 e. The van der Waals surface area contributed by atoms with Crippen LogP contribution in [0.3, 0.4) is 0 Å². The summed E-state index contributed by atoms with van der Waals surface area (Å²) in [6.07, 6.45) is 2.94. The summed E-state index contributed by atoms with van der Waals surface area (Å²) < 4.78 is 0. The number of carbonyl (C=O) groups is 2. The molecule has 0 radical (unpaired) electrons. The van der Waals surface area contributed by atoms with E-state index in [0.717, 1.165) is 12.0 Å². The van der Waals surface area contributed by atoms with Crippen LogP contribution >= 0.6 is 11.6 Å². The van der Waals surface area contributed by atoms with Crippen LogP contribution in [0, 0.1) is 0 Å². The van der Waals surface area contributed by atoms with E-state index in [4.69, 9.17) is 17.3 Å². The second-order valence-corrected chi connectivity index (χ2v) is 6.41. The molecule has 130 valence electrons. The molecule has 2 aromatic rings. The number of hydrogen-bond acceptors (Lipinski definition) is 4. The average Bonchev–Trinajstić information content (AvgIpc) is 3.10. The first-order chi connectivity index (χ1) is 12.0. The minimum absolute atomic E-state index is 0.150. The van der Waals surface area contributed by atoms with Crippen LogP contribution in [0.15, 0.2) is 42.6 Å². The highest BCUT2D eigenvalue weighted by molar-refractivity contribution is 6.30. The van der Waals surface area contributed by atoms with Gasteiger partial charge in [-0.3, -0.25) is 9.59 Å². The van der Waals surface area contributed by atoms with Crippen molar-refractivity contribution in [2.24, 2.45) is 0 Å². The van der Waals surface area contributed by atoms with E-state index in [1.165, 1.54) is 12.3 Å². The summed E-state index contributed by atoms with van der Waals surface area (Å²) in [5.41, 5.74) is 7.04. The molecule has 1 aromatic heterocycles. The molecule has 1 aliphatic rings. The molecule has 1 atom stereocenters. The Balaban J connectivity index is 1.65. The normalized spacial score (nSPS) is 16.7. The van der Waals surface area contributed by atoms with Gasteiger partial charge in [0.05, 0.1) is 0 Å². The maximum atomic E-state index is 12.7. The molecule has 3 rings (SSSR count). The van der Waals surface area contributed by atoms with Crippen molar-refractivity contribution in [3.8, 4) is 0 Å². The van der Waals surface area contributed by atoms with Crippen LogP contribution in [0.25, 0.3) is 0 Å². The van der Waals surface area contributed by atoms with Crippen molar-refractivity contribution in [2.75, 3.05) is 12.3 Å². The van der Waals surface area contributed by atoms with E-state index in [1.807, 2.05) is 12.1 Å². The third-order valence-corrected chi connectivity index (χ3v) is 4.48. The van der Waals surface area contributed by atoms with E-state index in [-0.39, 0.29) is 17.6 Å². The van der Waals surface area contributed by atoms with Gasteiger partial charge < -0.3 is 16.0 Å². The standard InChI is InChI=1S/C18H19ClN4O2/c19-14-5-3-12(4-6-14)11-22-17(24)15-2-1-9-23(15)18(25)13-7-8-21-16(20)10-13/h3-8,10,15H,1-2,9,11H2,(H2,20,21)(H,22,24). The lowest BCUT2D eigenvalue weighted by Crippen LogP contribution is -2.45. The number of anilines is 1. The number of pyridine rings is 1. The lowest BCUT2D eigenvalue weighted by atomic mass is 10.1. The summed E-state index contributed by atoms with van der Waals surface area (Å²) in [4.78, 5) is 30.7. The molecule has 2 heterocycles. The fraction of sp³-hybridized carbons (Fsp3) is 0.278. The maximum Gasteiger partial charge on any atom is 0.254 e. The van der Waals surface area contributed by atoms with E-state index in [2.05, 4.69) is 10.3 Å². The molecule has 6 nitrogen and oxygen atoms in total. The number of hydrogen-bond donors (Lipinski definition) is 2. The van der Waals surface area contributed by atoms with Crippen LogP contribution in [0.1, 0.15) is 28.8 Å². The molecule has 1 unspecified atom stereocenters. The number of likely N-dealkylation sites (tertiary alicyclic amines) is 1. The Morgan fingerprint density at radius 2 is 2.04 bits per heavy atom. The van der Waals surface area contributed by atoms with Crippen molar-refractivity contribution >= 4 is 29.2 Å². The number of carbonyl (C=O) groups excluding carboxylic acids is 2. The zero-order chi connectivity index (χ0) is 17.8. The number of nitrogens with two attached hydrogens (primary N) is 1. The predicted octanol–water partition coefficient (Wildman–Crippen LogP) is 2.24. The van der Waals surface area contributed by atoms with Crippen LogP contribution in [-0.2, 0) is 11.3 Å². The van der Waals surface area contributed by atoms with Gasteiger partial charge in [0, 0.05) is 29.9 Å². The summed E-state index contributed by atoms with van der Waals surface area (Å²) in [5.74, 6) is -0.0603. The van der Waals surface area contributed by atoms with Gasteiger partial charge in [-0.15, -0.1) is 0 Å². The third kappa shape index (κ3) is 4.09. The number of rotatable bonds is 4. The number of nitrogens with one attached hydrogen (secondary N) is 1. The summed E-state index contributed by atoms with van der Waals surface area (Å²) >= 11 is 5.86. The molecule has 0 bridgehead atoms. The molecule has 2 amide bonds. The SMILES string of the molecule is Nc1cc(C(=O)N2CCCC2C(=O)NCc2ccc(Cl)cc2)ccn1. The Labute approximate surface area is 151 Å². The zero-order valence-corrected chi connectivity index (χ0v) is 14.4. The fourth-order valence-electron chi connectivity index (χ4n) is 2.94. The highest BCUT2D eigenvalue weighted by Crippen LogP contribution is 2.21. The van der Waals surface area contributed by atoms with Crippen molar-refractivity contribution in [3.63, 3.8) is 0 Å². The number of amides is 2. The minimum Gasteiger partial charge on any atom is -0.384 e. The number of nitrogen functional groups attached to an aromatic ring is 1. The third-order valence-electron chi connectivity index (χ3n) is 4.22. The van der Waals surface area contributed by atoms with Gasteiger partial charge in [0.15, 0.2) is 0 Å². The van der Waals surface area contributed by atoms with Gasteiger partial charge in [-0.25, -0.2) is 4.98 Å². The van der Waals surface area contributed by atoms with Crippen LogP contribution < -0.4 is 11.1 Å². The molecule has 1 aromatic carbocycles. The zero-order valence-electron chi connectivity index (χ0n) is 13.6. The molecular weight excluding hydrogens is 340 g/mol. The van der Waals surface area contributed by atoms with Gasteiger partial charge in [-0.2, -0.15) is 0 Å².